The van der Waals surface area contributed by atoms with Crippen molar-refractivity contribution in [2.45, 2.75) is 13.8 Å². The Morgan fingerprint density at radius 2 is 2.13 bits per heavy atom. The van der Waals surface area contributed by atoms with Crippen LogP contribution in [0.25, 0.3) is 10.9 Å². The number of aryl methyl sites for hydroxylation is 1. The molecule has 3 nitrogen and oxygen atoms in total. The van der Waals surface area contributed by atoms with Gasteiger partial charge in [0.15, 0.2) is 0 Å². The van der Waals surface area contributed by atoms with Gasteiger partial charge in [0, 0.05) is 22.8 Å². The van der Waals surface area contributed by atoms with Gasteiger partial charge >= 0.3 is 0 Å². The van der Waals surface area contributed by atoms with E-state index in [1.165, 1.54) is 0 Å². The van der Waals surface area contributed by atoms with Crippen molar-refractivity contribution >= 4 is 16.6 Å². The summed E-state index contributed by atoms with van der Waals surface area (Å²) in [5, 5.41) is 0.976. The summed E-state index contributed by atoms with van der Waals surface area (Å²) in [6.45, 7) is 4.55. The Balaban J connectivity index is 2.60. The van der Waals surface area contributed by atoms with Gasteiger partial charge in [-0.1, -0.05) is 0 Å². The summed E-state index contributed by atoms with van der Waals surface area (Å²) in [5.41, 5.74) is 8.48. The molecule has 0 radical (unpaired) electrons. The summed E-state index contributed by atoms with van der Waals surface area (Å²) >= 11 is 0. The zero-order valence-corrected chi connectivity index (χ0v) is 8.95. The van der Waals surface area contributed by atoms with E-state index in [0.29, 0.717) is 6.61 Å². The molecular weight excluding hydrogens is 188 g/mol. The molecule has 0 saturated heterocycles. The molecule has 2 aromatic rings. The molecule has 78 valence electrons. The van der Waals surface area contributed by atoms with Crippen molar-refractivity contribution in [3.8, 4) is 5.75 Å². The van der Waals surface area contributed by atoms with Crippen LogP contribution in [0.1, 0.15) is 12.6 Å². The van der Waals surface area contributed by atoms with E-state index in [0.717, 1.165) is 28.0 Å². The number of nitrogens with zero attached hydrogens (tertiary/aromatic N) is 1. The maximum absolute atomic E-state index is 5.90. The first-order valence-electron chi connectivity index (χ1n) is 5.00. The summed E-state index contributed by atoms with van der Waals surface area (Å²) in [6.07, 6.45) is 0. The molecule has 0 bridgehead atoms. The number of nitrogens with two attached hydrogens (primary N) is 1. The summed E-state index contributed by atoms with van der Waals surface area (Å²) < 4.78 is 5.41. The van der Waals surface area contributed by atoms with Crippen LogP contribution in [0, 0.1) is 6.92 Å². The van der Waals surface area contributed by atoms with Gasteiger partial charge in [-0.25, -0.2) is 0 Å². The molecule has 0 aliphatic rings. The minimum atomic E-state index is 0.660. The van der Waals surface area contributed by atoms with Crippen molar-refractivity contribution in [1.82, 2.24) is 4.98 Å². The van der Waals surface area contributed by atoms with Crippen LogP contribution < -0.4 is 10.5 Å². The number of fused-ring (bicyclic) bond motifs is 1. The van der Waals surface area contributed by atoms with Gasteiger partial charge in [-0.3, -0.25) is 4.98 Å². The van der Waals surface area contributed by atoms with Crippen LogP contribution in [0.3, 0.4) is 0 Å². The minimum Gasteiger partial charge on any atom is -0.494 e. The number of benzene rings is 1. The van der Waals surface area contributed by atoms with Crippen molar-refractivity contribution in [3.05, 3.63) is 30.0 Å². The highest BCUT2D eigenvalue weighted by Gasteiger charge is 2.02. The van der Waals surface area contributed by atoms with Crippen LogP contribution in [0.2, 0.25) is 0 Å². The summed E-state index contributed by atoms with van der Waals surface area (Å²) in [6, 6.07) is 7.66. The molecule has 15 heavy (non-hydrogen) atoms. The molecule has 0 spiro atoms. The Morgan fingerprint density at radius 3 is 2.87 bits per heavy atom. The molecule has 0 aliphatic carbocycles. The monoisotopic (exact) mass is 202 g/mol. The lowest BCUT2D eigenvalue weighted by Crippen LogP contribution is -1.94. The van der Waals surface area contributed by atoms with Crippen LogP contribution in [0.4, 0.5) is 5.69 Å². The van der Waals surface area contributed by atoms with Gasteiger partial charge in [0.1, 0.15) is 5.75 Å². The minimum absolute atomic E-state index is 0.660. The van der Waals surface area contributed by atoms with Gasteiger partial charge in [-0.2, -0.15) is 0 Å². The zero-order valence-electron chi connectivity index (χ0n) is 8.95. The van der Waals surface area contributed by atoms with Crippen molar-refractivity contribution < 1.29 is 4.74 Å². The molecule has 0 amide bonds. The summed E-state index contributed by atoms with van der Waals surface area (Å²) in [4.78, 5) is 4.42. The lowest BCUT2D eigenvalue weighted by molar-refractivity contribution is 0.340. The van der Waals surface area contributed by atoms with Crippen LogP contribution in [0.5, 0.6) is 5.75 Å². The number of rotatable bonds is 2. The molecule has 0 atom stereocenters. The molecule has 0 fully saturated rings. The van der Waals surface area contributed by atoms with Crippen molar-refractivity contribution in [2.24, 2.45) is 0 Å². The van der Waals surface area contributed by atoms with E-state index in [9.17, 15) is 0 Å². The number of hydrogen-bond donors (Lipinski definition) is 1. The number of pyridine rings is 1. The van der Waals surface area contributed by atoms with E-state index >= 15 is 0 Å². The Morgan fingerprint density at radius 1 is 1.33 bits per heavy atom. The smallest absolute Gasteiger partial charge is 0.121 e. The second kappa shape index (κ2) is 3.77. The molecule has 1 aromatic heterocycles. The first-order valence-corrected chi connectivity index (χ1v) is 5.00. The van der Waals surface area contributed by atoms with Gasteiger partial charge in [-0.15, -0.1) is 0 Å². The van der Waals surface area contributed by atoms with E-state index in [1.54, 1.807) is 0 Å². The van der Waals surface area contributed by atoms with Crippen LogP contribution in [-0.4, -0.2) is 11.6 Å². The number of hydrogen-bond acceptors (Lipinski definition) is 3. The third-order valence-corrected chi connectivity index (χ3v) is 2.25. The Bertz CT molecular complexity index is 494. The molecule has 0 saturated carbocycles. The highest BCUT2D eigenvalue weighted by Crippen LogP contribution is 2.24. The molecule has 3 heteroatoms. The highest BCUT2D eigenvalue weighted by molar-refractivity contribution is 5.91. The first kappa shape index (κ1) is 9.77. The van der Waals surface area contributed by atoms with E-state index in [1.807, 2.05) is 38.1 Å². The number of nitrogen functional groups attached to an aromatic ring is 1. The average molecular weight is 202 g/mol. The Kier molecular flexibility index (Phi) is 2.46. The fourth-order valence-corrected chi connectivity index (χ4v) is 1.63. The number of ether oxygens (including phenoxy) is 1. The first-order chi connectivity index (χ1) is 7.20. The fraction of sp³-hybridized carbons (Fsp3) is 0.250. The topological polar surface area (TPSA) is 48.1 Å². The maximum Gasteiger partial charge on any atom is 0.121 e. The molecule has 0 unspecified atom stereocenters. The third-order valence-electron chi connectivity index (χ3n) is 2.25. The molecule has 1 aromatic carbocycles. The van der Waals surface area contributed by atoms with Gasteiger partial charge in [-0.05, 0) is 32.0 Å². The zero-order chi connectivity index (χ0) is 10.8. The van der Waals surface area contributed by atoms with E-state index < -0.39 is 0 Å². The number of aromatic nitrogens is 1. The largest absolute Gasteiger partial charge is 0.494 e. The Labute approximate surface area is 88.9 Å². The van der Waals surface area contributed by atoms with Gasteiger partial charge in [0.05, 0.1) is 12.1 Å². The van der Waals surface area contributed by atoms with E-state index in [4.69, 9.17) is 10.5 Å². The molecular formula is C12H14N2O. The van der Waals surface area contributed by atoms with Crippen molar-refractivity contribution in [3.63, 3.8) is 0 Å². The predicted octanol–water partition coefficient (Wildman–Crippen LogP) is 2.52. The fourth-order valence-electron chi connectivity index (χ4n) is 1.63. The standard InChI is InChI=1S/C12H14N2O/c1-3-15-9-4-5-10-11(13)6-8(2)14-12(10)7-9/h4-7H,3H2,1-2H3,(H2,13,14). The Hall–Kier alpha value is -1.77. The van der Waals surface area contributed by atoms with Gasteiger partial charge in [0.2, 0.25) is 0 Å². The van der Waals surface area contributed by atoms with Gasteiger partial charge in [0.25, 0.3) is 0 Å². The third kappa shape index (κ3) is 1.86. The lowest BCUT2D eigenvalue weighted by Gasteiger charge is -2.06. The van der Waals surface area contributed by atoms with Crippen LogP contribution >= 0.6 is 0 Å². The molecule has 1 heterocycles. The second-order valence-corrected chi connectivity index (χ2v) is 3.46. The second-order valence-electron chi connectivity index (χ2n) is 3.46. The average Bonchev–Trinajstić information content (AvgIpc) is 2.17. The van der Waals surface area contributed by atoms with Crippen molar-refractivity contribution in [1.29, 1.82) is 0 Å². The molecule has 0 aliphatic heterocycles. The maximum atomic E-state index is 5.90. The van der Waals surface area contributed by atoms with E-state index in [2.05, 4.69) is 4.98 Å². The molecule has 2 N–H and O–H groups in total. The normalized spacial score (nSPS) is 10.5. The molecule has 2 rings (SSSR count). The summed E-state index contributed by atoms with van der Waals surface area (Å²) in [7, 11) is 0. The highest BCUT2D eigenvalue weighted by atomic mass is 16.5. The van der Waals surface area contributed by atoms with Crippen LogP contribution in [-0.2, 0) is 0 Å². The van der Waals surface area contributed by atoms with Gasteiger partial charge < -0.3 is 10.5 Å². The lowest BCUT2D eigenvalue weighted by atomic mass is 10.1. The number of anilines is 1. The van der Waals surface area contributed by atoms with Crippen molar-refractivity contribution in [2.75, 3.05) is 12.3 Å². The SMILES string of the molecule is CCOc1ccc2c(N)cc(C)nc2c1. The van der Waals surface area contributed by atoms with E-state index in [-0.39, 0.29) is 0 Å². The van der Waals surface area contributed by atoms with Crippen LogP contribution in [0.15, 0.2) is 24.3 Å². The summed E-state index contributed by atoms with van der Waals surface area (Å²) in [5.74, 6) is 0.836. The predicted molar refractivity (Wildman–Crippen MR) is 62.1 cm³/mol. The quantitative estimate of drug-likeness (QED) is 0.814.